The van der Waals surface area contributed by atoms with Crippen LogP contribution >= 0.6 is 0 Å². The highest BCUT2D eigenvalue weighted by molar-refractivity contribution is 5.19. The zero-order chi connectivity index (χ0) is 13.7. The molecule has 18 heavy (non-hydrogen) atoms. The van der Waals surface area contributed by atoms with Gasteiger partial charge in [-0.3, -0.25) is 0 Å². The summed E-state index contributed by atoms with van der Waals surface area (Å²) in [5.41, 5.74) is 0.471. The molecule has 0 aromatic heterocycles. The molecule has 0 saturated heterocycles. The smallest absolute Gasteiger partial charge is 0.126 e. The largest absolute Gasteiger partial charge is 0.314 e. The molecule has 0 heterocycles. The van der Waals surface area contributed by atoms with Crippen molar-refractivity contribution in [2.24, 2.45) is 11.8 Å². The molecular formula is C15H23F2N. The third-order valence-corrected chi connectivity index (χ3v) is 3.49. The van der Waals surface area contributed by atoms with E-state index in [0.717, 1.165) is 12.6 Å². The SMILES string of the molecule is CCNC(C)C(Cc1cc(F)ccc1F)C(C)C. The predicted octanol–water partition coefficient (Wildman–Crippen LogP) is 3.78. The fourth-order valence-corrected chi connectivity index (χ4v) is 2.42. The lowest BCUT2D eigenvalue weighted by atomic mass is 9.84. The zero-order valence-electron chi connectivity index (χ0n) is 11.6. The summed E-state index contributed by atoms with van der Waals surface area (Å²) >= 11 is 0. The molecule has 1 aromatic rings. The van der Waals surface area contributed by atoms with E-state index in [-0.39, 0.29) is 17.7 Å². The average Bonchev–Trinajstić information content (AvgIpc) is 2.30. The molecule has 0 bridgehead atoms. The molecule has 102 valence electrons. The van der Waals surface area contributed by atoms with Crippen LogP contribution in [0.4, 0.5) is 8.78 Å². The average molecular weight is 255 g/mol. The highest BCUT2D eigenvalue weighted by Gasteiger charge is 2.22. The molecule has 0 fully saturated rings. The van der Waals surface area contributed by atoms with Gasteiger partial charge in [-0.1, -0.05) is 20.8 Å². The minimum atomic E-state index is -0.370. The standard InChI is InChI=1S/C15H23F2N/c1-5-18-11(4)14(10(2)3)9-12-8-13(16)6-7-15(12)17/h6-8,10-11,14,18H,5,9H2,1-4H3. The van der Waals surface area contributed by atoms with Gasteiger partial charge in [0.05, 0.1) is 0 Å². The van der Waals surface area contributed by atoms with Gasteiger partial charge < -0.3 is 5.32 Å². The Bertz CT molecular complexity index is 377. The van der Waals surface area contributed by atoms with Crippen molar-refractivity contribution in [3.8, 4) is 0 Å². The Hall–Kier alpha value is -0.960. The maximum Gasteiger partial charge on any atom is 0.126 e. The third-order valence-electron chi connectivity index (χ3n) is 3.49. The van der Waals surface area contributed by atoms with E-state index >= 15 is 0 Å². The highest BCUT2D eigenvalue weighted by atomic mass is 19.1. The molecular weight excluding hydrogens is 232 g/mol. The van der Waals surface area contributed by atoms with Crippen LogP contribution in [0.15, 0.2) is 18.2 Å². The lowest BCUT2D eigenvalue weighted by Gasteiger charge is -2.28. The number of halogens is 2. The van der Waals surface area contributed by atoms with Crippen molar-refractivity contribution in [1.82, 2.24) is 5.32 Å². The summed E-state index contributed by atoms with van der Waals surface area (Å²) in [5, 5.41) is 3.37. The van der Waals surface area contributed by atoms with Crippen molar-refractivity contribution in [3.05, 3.63) is 35.4 Å². The fourth-order valence-electron chi connectivity index (χ4n) is 2.42. The minimum absolute atomic E-state index is 0.290. The van der Waals surface area contributed by atoms with Crippen LogP contribution in [0, 0.1) is 23.5 Å². The van der Waals surface area contributed by atoms with Gasteiger partial charge in [0.1, 0.15) is 11.6 Å². The molecule has 0 spiro atoms. The van der Waals surface area contributed by atoms with Crippen LogP contribution in [0.3, 0.4) is 0 Å². The summed E-state index contributed by atoms with van der Waals surface area (Å²) in [6.45, 7) is 9.28. The van der Waals surface area contributed by atoms with Gasteiger partial charge in [-0.2, -0.15) is 0 Å². The zero-order valence-corrected chi connectivity index (χ0v) is 11.6. The summed E-state index contributed by atoms with van der Waals surface area (Å²) in [5.74, 6) is 0.0266. The summed E-state index contributed by atoms with van der Waals surface area (Å²) in [4.78, 5) is 0. The molecule has 0 saturated carbocycles. The molecule has 0 amide bonds. The maximum atomic E-state index is 13.7. The van der Waals surface area contributed by atoms with Crippen molar-refractivity contribution in [3.63, 3.8) is 0 Å². The second-order valence-electron chi connectivity index (χ2n) is 5.19. The first-order chi connectivity index (χ1) is 8.45. The molecule has 3 heteroatoms. The quantitative estimate of drug-likeness (QED) is 0.815. The Balaban J connectivity index is 2.86. The van der Waals surface area contributed by atoms with Gasteiger partial charge in [0.2, 0.25) is 0 Å². The van der Waals surface area contributed by atoms with E-state index in [1.54, 1.807) is 0 Å². The normalized spacial score (nSPS) is 14.8. The Labute approximate surface area is 109 Å². The van der Waals surface area contributed by atoms with Gasteiger partial charge in [-0.05, 0) is 55.5 Å². The fraction of sp³-hybridized carbons (Fsp3) is 0.600. The maximum absolute atomic E-state index is 13.7. The summed E-state index contributed by atoms with van der Waals surface area (Å²) in [7, 11) is 0. The van der Waals surface area contributed by atoms with Crippen molar-refractivity contribution in [2.75, 3.05) is 6.54 Å². The van der Waals surface area contributed by atoms with Crippen molar-refractivity contribution in [1.29, 1.82) is 0 Å². The van der Waals surface area contributed by atoms with Gasteiger partial charge in [0.25, 0.3) is 0 Å². The lowest BCUT2D eigenvalue weighted by molar-refractivity contribution is 0.289. The Morgan fingerprint density at radius 2 is 1.83 bits per heavy atom. The third kappa shape index (κ3) is 4.05. The molecule has 1 N–H and O–H groups in total. The molecule has 0 aliphatic heterocycles. The second-order valence-corrected chi connectivity index (χ2v) is 5.19. The summed E-state index contributed by atoms with van der Waals surface area (Å²) in [6.07, 6.45) is 0.565. The predicted molar refractivity (Wildman–Crippen MR) is 71.5 cm³/mol. The minimum Gasteiger partial charge on any atom is -0.314 e. The first-order valence-electron chi connectivity index (χ1n) is 6.63. The number of benzene rings is 1. The van der Waals surface area contributed by atoms with E-state index in [4.69, 9.17) is 0 Å². The van der Waals surface area contributed by atoms with Gasteiger partial charge in [-0.15, -0.1) is 0 Å². The molecule has 1 nitrogen and oxygen atoms in total. The van der Waals surface area contributed by atoms with E-state index in [2.05, 4.69) is 33.0 Å². The number of rotatable bonds is 6. The summed E-state index contributed by atoms with van der Waals surface area (Å²) in [6, 6.07) is 3.97. The lowest BCUT2D eigenvalue weighted by Crippen LogP contribution is -2.37. The first kappa shape index (κ1) is 15.1. The number of hydrogen-bond donors (Lipinski definition) is 1. The highest BCUT2D eigenvalue weighted by Crippen LogP contribution is 2.23. The second kappa shape index (κ2) is 6.83. The van der Waals surface area contributed by atoms with E-state index in [1.165, 1.54) is 12.1 Å². The van der Waals surface area contributed by atoms with Crippen LogP contribution in [0.25, 0.3) is 0 Å². The van der Waals surface area contributed by atoms with E-state index in [9.17, 15) is 8.78 Å². The van der Waals surface area contributed by atoms with Gasteiger partial charge in [0.15, 0.2) is 0 Å². The van der Waals surface area contributed by atoms with Gasteiger partial charge in [-0.25, -0.2) is 8.78 Å². The number of hydrogen-bond acceptors (Lipinski definition) is 1. The van der Waals surface area contributed by atoms with Crippen LogP contribution in [0.2, 0.25) is 0 Å². The van der Waals surface area contributed by atoms with Crippen LogP contribution in [0.5, 0.6) is 0 Å². The van der Waals surface area contributed by atoms with E-state index < -0.39 is 0 Å². The van der Waals surface area contributed by atoms with Gasteiger partial charge >= 0.3 is 0 Å². The molecule has 2 atom stereocenters. The molecule has 0 radical (unpaired) electrons. The Kier molecular flexibility index (Phi) is 5.73. The van der Waals surface area contributed by atoms with E-state index in [0.29, 0.717) is 23.8 Å². The molecule has 0 aliphatic rings. The van der Waals surface area contributed by atoms with Crippen LogP contribution in [-0.2, 0) is 6.42 Å². The Morgan fingerprint density at radius 3 is 2.39 bits per heavy atom. The monoisotopic (exact) mass is 255 g/mol. The van der Waals surface area contributed by atoms with Crippen LogP contribution in [-0.4, -0.2) is 12.6 Å². The topological polar surface area (TPSA) is 12.0 Å². The van der Waals surface area contributed by atoms with Crippen molar-refractivity contribution < 1.29 is 8.78 Å². The number of nitrogens with one attached hydrogen (secondary N) is 1. The van der Waals surface area contributed by atoms with Crippen LogP contribution < -0.4 is 5.32 Å². The van der Waals surface area contributed by atoms with Crippen LogP contribution in [0.1, 0.15) is 33.3 Å². The first-order valence-corrected chi connectivity index (χ1v) is 6.63. The molecule has 1 rings (SSSR count). The summed E-state index contributed by atoms with van der Waals surface area (Å²) < 4.78 is 26.8. The molecule has 0 aliphatic carbocycles. The molecule has 1 aromatic carbocycles. The van der Waals surface area contributed by atoms with E-state index in [1.807, 2.05) is 0 Å². The Morgan fingerprint density at radius 1 is 1.17 bits per heavy atom. The van der Waals surface area contributed by atoms with Crippen molar-refractivity contribution in [2.45, 2.75) is 40.2 Å². The van der Waals surface area contributed by atoms with Crippen molar-refractivity contribution >= 4 is 0 Å². The molecule has 2 unspecified atom stereocenters. The van der Waals surface area contributed by atoms with Gasteiger partial charge in [0, 0.05) is 6.04 Å².